The molecule has 0 N–H and O–H groups in total. The molecule has 0 aliphatic rings. The van der Waals surface area contributed by atoms with Crippen LogP contribution in [0, 0.1) is 0 Å². The second kappa shape index (κ2) is 8.25. The standard InChI is InChI=1S/C15H19NO2/c1-3-5-11-15(17)16(12-4-2)18-13-14-9-7-6-8-10-14/h3-4,6-10H,1-2,5,11-13H2. The van der Waals surface area contributed by atoms with E-state index in [9.17, 15) is 4.79 Å². The number of hydrogen-bond donors (Lipinski definition) is 0. The Hall–Kier alpha value is -1.87. The lowest BCUT2D eigenvalue weighted by atomic mass is 10.2. The summed E-state index contributed by atoms with van der Waals surface area (Å²) in [4.78, 5) is 17.3. The Balaban J connectivity index is 2.49. The van der Waals surface area contributed by atoms with E-state index >= 15 is 0 Å². The highest BCUT2D eigenvalue weighted by Gasteiger charge is 2.11. The van der Waals surface area contributed by atoms with E-state index in [0.29, 0.717) is 26.0 Å². The normalized spacial score (nSPS) is 9.78. The van der Waals surface area contributed by atoms with E-state index in [2.05, 4.69) is 13.2 Å². The number of carbonyl (C=O) groups excluding carboxylic acids is 1. The third-order valence-electron chi connectivity index (χ3n) is 2.37. The van der Waals surface area contributed by atoms with Gasteiger partial charge in [0.15, 0.2) is 0 Å². The second-order valence-electron chi connectivity index (χ2n) is 3.83. The van der Waals surface area contributed by atoms with Crippen molar-refractivity contribution in [3.63, 3.8) is 0 Å². The van der Waals surface area contributed by atoms with Gasteiger partial charge in [-0.2, -0.15) is 0 Å². The summed E-state index contributed by atoms with van der Waals surface area (Å²) in [5, 5.41) is 1.35. The minimum absolute atomic E-state index is 0.0502. The van der Waals surface area contributed by atoms with E-state index in [1.54, 1.807) is 12.2 Å². The highest BCUT2D eigenvalue weighted by atomic mass is 16.7. The molecule has 0 aromatic heterocycles. The smallest absolute Gasteiger partial charge is 0.246 e. The first kappa shape index (κ1) is 14.2. The highest BCUT2D eigenvalue weighted by molar-refractivity contribution is 5.75. The van der Waals surface area contributed by atoms with Crippen LogP contribution in [0.3, 0.4) is 0 Å². The lowest BCUT2D eigenvalue weighted by Gasteiger charge is -2.20. The van der Waals surface area contributed by atoms with Crippen molar-refractivity contribution >= 4 is 5.91 Å². The summed E-state index contributed by atoms with van der Waals surface area (Å²) < 4.78 is 0. The molecule has 1 amide bonds. The van der Waals surface area contributed by atoms with Gasteiger partial charge in [-0.3, -0.25) is 9.63 Å². The number of carbonyl (C=O) groups is 1. The van der Waals surface area contributed by atoms with E-state index in [1.165, 1.54) is 5.06 Å². The molecule has 0 aliphatic carbocycles. The maximum absolute atomic E-state index is 11.8. The fourth-order valence-corrected chi connectivity index (χ4v) is 1.42. The summed E-state index contributed by atoms with van der Waals surface area (Å²) in [6.45, 7) is 8.00. The number of rotatable bonds is 8. The third kappa shape index (κ3) is 4.97. The van der Waals surface area contributed by atoms with Crippen LogP contribution in [-0.2, 0) is 16.2 Å². The summed E-state index contributed by atoms with van der Waals surface area (Å²) in [5.74, 6) is -0.0502. The summed E-state index contributed by atoms with van der Waals surface area (Å²) >= 11 is 0. The van der Waals surface area contributed by atoms with Crippen molar-refractivity contribution in [2.75, 3.05) is 6.54 Å². The van der Waals surface area contributed by atoms with E-state index in [0.717, 1.165) is 5.56 Å². The first-order chi connectivity index (χ1) is 8.77. The van der Waals surface area contributed by atoms with Gasteiger partial charge in [0, 0.05) is 6.42 Å². The Labute approximate surface area is 108 Å². The average Bonchev–Trinajstić information content (AvgIpc) is 2.42. The van der Waals surface area contributed by atoms with Crippen molar-refractivity contribution in [1.82, 2.24) is 5.06 Å². The van der Waals surface area contributed by atoms with Crippen LogP contribution in [0.25, 0.3) is 0 Å². The first-order valence-electron chi connectivity index (χ1n) is 5.97. The van der Waals surface area contributed by atoms with Gasteiger partial charge in [0.1, 0.15) is 6.61 Å². The van der Waals surface area contributed by atoms with Crippen molar-refractivity contribution in [1.29, 1.82) is 0 Å². The van der Waals surface area contributed by atoms with Crippen LogP contribution in [-0.4, -0.2) is 17.5 Å². The molecular formula is C15H19NO2. The lowest BCUT2D eigenvalue weighted by molar-refractivity contribution is -0.188. The fourth-order valence-electron chi connectivity index (χ4n) is 1.42. The summed E-state index contributed by atoms with van der Waals surface area (Å²) in [6, 6.07) is 9.74. The van der Waals surface area contributed by atoms with Crippen LogP contribution in [0.2, 0.25) is 0 Å². The molecule has 0 fully saturated rings. The second-order valence-corrected chi connectivity index (χ2v) is 3.83. The SMILES string of the molecule is C=CCCC(=O)N(CC=C)OCc1ccccc1. The highest BCUT2D eigenvalue weighted by Crippen LogP contribution is 2.05. The Morgan fingerprint density at radius 2 is 1.94 bits per heavy atom. The molecule has 0 aliphatic heterocycles. The van der Waals surface area contributed by atoms with Crippen LogP contribution in [0.5, 0.6) is 0 Å². The van der Waals surface area contributed by atoms with E-state index in [-0.39, 0.29) is 5.91 Å². The van der Waals surface area contributed by atoms with Gasteiger partial charge >= 0.3 is 0 Å². The van der Waals surface area contributed by atoms with Crippen LogP contribution in [0.4, 0.5) is 0 Å². The summed E-state index contributed by atoms with van der Waals surface area (Å²) in [6.07, 6.45) is 4.44. The maximum Gasteiger partial charge on any atom is 0.246 e. The van der Waals surface area contributed by atoms with Crippen LogP contribution < -0.4 is 0 Å². The van der Waals surface area contributed by atoms with Gasteiger partial charge in [-0.1, -0.05) is 42.5 Å². The maximum atomic E-state index is 11.8. The van der Waals surface area contributed by atoms with E-state index in [1.807, 2.05) is 30.3 Å². The van der Waals surface area contributed by atoms with Gasteiger partial charge in [-0.25, -0.2) is 5.06 Å². The molecule has 1 aromatic carbocycles. The van der Waals surface area contributed by atoms with E-state index in [4.69, 9.17) is 4.84 Å². The van der Waals surface area contributed by atoms with Gasteiger partial charge in [-0.15, -0.1) is 13.2 Å². The molecule has 18 heavy (non-hydrogen) atoms. The number of allylic oxidation sites excluding steroid dienone is 1. The Morgan fingerprint density at radius 3 is 2.56 bits per heavy atom. The van der Waals surface area contributed by atoms with Crippen LogP contribution >= 0.6 is 0 Å². The van der Waals surface area contributed by atoms with Crippen molar-refractivity contribution in [3.8, 4) is 0 Å². The predicted octanol–water partition coefficient (Wildman–Crippen LogP) is 3.10. The van der Waals surface area contributed by atoms with Gasteiger partial charge in [0.25, 0.3) is 0 Å². The van der Waals surface area contributed by atoms with Crippen molar-refractivity contribution in [3.05, 3.63) is 61.2 Å². The molecule has 96 valence electrons. The quantitative estimate of drug-likeness (QED) is 0.520. The molecule has 1 rings (SSSR count). The van der Waals surface area contributed by atoms with E-state index < -0.39 is 0 Å². The molecule has 3 nitrogen and oxygen atoms in total. The average molecular weight is 245 g/mol. The number of nitrogens with zero attached hydrogens (tertiary/aromatic N) is 1. The molecule has 3 heteroatoms. The zero-order valence-electron chi connectivity index (χ0n) is 10.5. The minimum Gasteiger partial charge on any atom is -0.273 e. The zero-order valence-corrected chi connectivity index (χ0v) is 10.5. The molecule has 0 saturated heterocycles. The minimum atomic E-state index is -0.0502. The molecular weight excluding hydrogens is 226 g/mol. The zero-order chi connectivity index (χ0) is 13.2. The first-order valence-corrected chi connectivity index (χ1v) is 5.97. The van der Waals surface area contributed by atoms with Crippen molar-refractivity contribution < 1.29 is 9.63 Å². The Morgan fingerprint density at radius 1 is 1.22 bits per heavy atom. The molecule has 0 spiro atoms. The monoisotopic (exact) mass is 245 g/mol. The Kier molecular flexibility index (Phi) is 6.51. The molecule has 0 unspecified atom stereocenters. The number of amides is 1. The number of benzene rings is 1. The van der Waals surface area contributed by atoms with Gasteiger partial charge in [0.05, 0.1) is 6.54 Å². The topological polar surface area (TPSA) is 29.5 Å². The molecule has 0 radical (unpaired) electrons. The van der Waals surface area contributed by atoms with Gasteiger partial charge in [0.2, 0.25) is 5.91 Å². The molecule has 0 atom stereocenters. The number of hydroxylamine groups is 2. The predicted molar refractivity (Wildman–Crippen MR) is 72.6 cm³/mol. The summed E-state index contributed by atoms with van der Waals surface area (Å²) in [5.41, 5.74) is 1.03. The third-order valence-corrected chi connectivity index (χ3v) is 2.37. The molecule has 0 bridgehead atoms. The van der Waals surface area contributed by atoms with Crippen LogP contribution in [0.15, 0.2) is 55.6 Å². The van der Waals surface area contributed by atoms with Crippen molar-refractivity contribution in [2.45, 2.75) is 19.4 Å². The Bertz CT molecular complexity index is 387. The fraction of sp³-hybridized carbons (Fsp3) is 0.267. The van der Waals surface area contributed by atoms with Gasteiger partial charge in [-0.05, 0) is 12.0 Å². The van der Waals surface area contributed by atoms with Crippen molar-refractivity contribution in [2.24, 2.45) is 0 Å². The molecule has 1 aromatic rings. The van der Waals surface area contributed by atoms with Crippen LogP contribution in [0.1, 0.15) is 18.4 Å². The number of hydrogen-bond acceptors (Lipinski definition) is 2. The van der Waals surface area contributed by atoms with Gasteiger partial charge < -0.3 is 0 Å². The largest absolute Gasteiger partial charge is 0.273 e. The lowest BCUT2D eigenvalue weighted by Crippen LogP contribution is -2.31. The summed E-state index contributed by atoms with van der Waals surface area (Å²) in [7, 11) is 0. The molecule has 0 saturated carbocycles. The molecule has 0 heterocycles.